The van der Waals surface area contributed by atoms with E-state index in [2.05, 4.69) is 16.6 Å². The lowest BCUT2D eigenvalue weighted by molar-refractivity contribution is 0.0929. The molecule has 0 unspecified atom stereocenters. The minimum absolute atomic E-state index is 0.165. The number of hydrazone groups is 1. The predicted octanol–water partition coefficient (Wildman–Crippen LogP) is 5.49. The van der Waals surface area contributed by atoms with Crippen LogP contribution in [0.4, 0.5) is 0 Å². The number of fused-ring (bicyclic) bond motifs is 1. The third-order valence-corrected chi connectivity index (χ3v) is 5.07. The molecular weight excluding hydrogens is 432 g/mol. The average Bonchev–Trinajstić information content (AvgIpc) is 3.27. The average molecular weight is 459 g/mol. The van der Waals surface area contributed by atoms with Gasteiger partial charge in [0.1, 0.15) is 17.9 Å². The van der Waals surface area contributed by atoms with E-state index in [1.165, 1.54) is 11.8 Å². The van der Waals surface area contributed by atoms with Gasteiger partial charge in [-0.1, -0.05) is 29.8 Å². The normalized spacial score (nSPS) is 11.0. The third-order valence-electron chi connectivity index (χ3n) is 5.07. The van der Waals surface area contributed by atoms with Crippen LogP contribution in [-0.2, 0) is 6.61 Å². The van der Waals surface area contributed by atoms with Crippen LogP contribution in [0.25, 0.3) is 11.0 Å². The molecule has 1 heterocycles. The molecule has 0 aliphatic rings. The Balaban J connectivity index is 1.39. The van der Waals surface area contributed by atoms with E-state index in [4.69, 9.17) is 18.6 Å². The van der Waals surface area contributed by atoms with Crippen LogP contribution in [0, 0.1) is 6.92 Å². The Bertz CT molecular complexity index is 1330. The monoisotopic (exact) mass is 458 g/mol. The van der Waals surface area contributed by atoms with Crippen molar-refractivity contribution in [2.45, 2.75) is 20.5 Å². The second-order valence-corrected chi connectivity index (χ2v) is 7.63. The van der Waals surface area contributed by atoms with Gasteiger partial charge < -0.3 is 18.6 Å². The molecule has 34 heavy (non-hydrogen) atoms. The van der Waals surface area contributed by atoms with Crippen LogP contribution in [0.1, 0.15) is 34.2 Å². The van der Waals surface area contributed by atoms with E-state index in [9.17, 15) is 4.79 Å². The summed E-state index contributed by atoms with van der Waals surface area (Å²) in [6.45, 7) is 4.96. The molecule has 0 aliphatic carbocycles. The number of nitrogens with zero attached hydrogens (tertiary/aromatic N) is 1. The van der Waals surface area contributed by atoms with Crippen LogP contribution in [0.15, 0.2) is 76.2 Å². The van der Waals surface area contributed by atoms with Crippen molar-refractivity contribution in [3.8, 4) is 17.2 Å². The van der Waals surface area contributed by atoms with Gasteiger partial charge in [0.05, 0.1) is 19.9 Å². The van der Waals surface area contributed by atoms with Gasteiger partial charge in [0, 0.05) is 5.39 Å². The minimum Gasteiger partial charge on any atom is -0.494 e. The highest BCUT2D eigenvalue weighted by atomic mass is 16.5. The van der Waals surface area contributed by atoms with Gasteiger partial charge in [0.2, 0.25) is 0 Å². The van der Waals surface area contributed by atoms with Crippen molar-refractivity contribution in [1.29, 1.82) is 0 Å². The second kappa shape index (κ2) is 10.6. The van der Waals surface area contributed by atoms with E-state index in [-0.39, 0.29) is 5.76 Å². The first kappa shape index (κ1) is 22.9. The highest BCUT2D eigenvalue weighted by Crippen LogP contribution is 2.28. The molecule has 0 spiro atoms. The van der Waals surface area contributed by atoms with E-state index in [1.54, 1.807) is 31.4 Å². The number of rotatable bonds is 9. The Hall–Kier alpha value is -4.26. The molecule has 0 fully saturated rings. The van der Waals surface area contributed by atoms with Crippen molar-refractivity contribution >= 4 is 23.1 Å². The van der Waals surface area contributed by atoms with Gasteiger partial charge in [0.15, 0.2) is 17.3 Å². The topological polar surface area (TPSA) is 82.3 Å². The SMILES string of the molecule is CCOc1ccc2oc(C(=O)N/N=C/c3ccc(OCc4cccc(C)c4)c(OC)c3)cc2c1. The maximum absolute atomic E-state index is 12.4. The van der Waals surface area contributed by atoms with Gasteiger partial charge >= 0.3 is 5.91 Å². The number of nitrogens with one attached hydrogen (secondary N) is 1. The molecule has 0 saturated heterocycles. The predicted molar refractivity (Wildman–Crippen MR) is 131 cm³/mol. The van der Waals surface area contributed by atoms with Gasteiger partial charge in [-0.3, -0.25) is 4.79 Å². The van der Waals surface area contributed by atoms with E-state index >= 15 is 0 Å². The fourth-order valence-corrected chi connectivity index (χ4v) is 3.46. The maximum Gasteiger partial charge on any atom is 0.307 e. The van der Waals surface area contributed by atoms with Gasteiger partial charge in [-0.25, -0.2) is 5.43 Å². The van der Waals surface area contributed by atoms with Crippen molar-refractivity contribution < 1.29 is 23.4 Å². The molecule has 0 atom stereocenters. The molecule has 1 amide bonds. The Morgan fingerprint density at radius 2 is 1.91 bits per heavy atom. The van der Waals surface area contributed by atoms with E-state index < -0.39 is 5.91 Å². The number of methoxy groups -OCH3 is 1. The van der Waals surface area contributed by atoms with Gasteiger partial charge in [-0.15, -0.1) is 0 Å². The van der Waals surface area contributed by atoms with E-state index in [0.29, 0.717) is 30.3 Å². The molecular formula is C27H26N2O5. The standard InChI is InChI=1S/C27H26N2O5/c1-4-32-22-9-11-23-21(14-22)15-26(34-23)27(30)29-28-16-19-8-10-24(25(13-19)31-3)33-17-20-7-5-6-18(2)12-20/h5-16H,4,17H2,1-3H3,(H,29,30)/b28-16+. The molecule has 1 N–H and O–H groups in total. The van der Waals surface area contributed by atoms with Gasteiger partial charge in [-0.2, -0.15) is 5.10 Å². The molecule has 0 bridgehead atoms. The molecule has 1 aromatic heterocycles. The zero-order chi connectivity index (χ0) is 23.9. The highest BCUT2D eigenvalue weighted by molar-refractivity contribution is 5.96. The molecule has 7 heteroatoms. The fraction of sp³-hybridized carbons (Fsp3) is 0.185. The number of amides is 1. The first-order chi connectivity index (χ1) is 16.6. The Morgan fingerprint density at radius 1 is 1.03 bits per heavy atom. The van der Waals surface area contributed by atoms with Crippen molar-refractivity contribution in [3.63, 3.8) is 0 Å². The molecule has 0 saturated carbocycles. The zero-order valence-electron chi connectivity index (χ0n) is 19.3. The number of benzene rings is 3. The number of ether oxygens (including phenoxy) is 3. The summed E-state index contributed by atoms with van der Waals surface area (Å²) in [5.74, 6) is 1.64. The summed E-state index contributed by atoms with van der Waals surface area (Å²) in [5, 5.41) is 4.82. The molecule has 0 radical (unpaired) electrons. The number of furan rings is 1. The first-order valence-corrected chi connectivity index (χ1v) is 10.9. The number of carbonyl (C=O) groups is 1. The van der Waals surface area contributed by atoms with Crippen LogP contribution in [-0.4, -0.2) is 25.8 Å². The van der Waals surface area contributed by atoms with Crippen LogP contribution in [0.2, 0.25) is 0 Å². The Labute approximate surface area is 197 Å². The van der Waals surface area contributed by atoms with Crippen molar-refractivity contribution in [2.24, 2.45) is 5.10 Å². The summed E-state index contributed by atoms with van der Waals surface area (Å²) < 4.78 is 22.5. The summed E-state index contributed by atoms with van der Waals surface area (Å²) in [4.78, 5) is 12.4. The number of hydrogen-bond acceptors (Lipinski definition) is 6. The molecule has 4 rings (SSSR count). The van der Waals surface area contributed by atoms with E-state index in [1.807, 2.05) is 50.2 Å². The van der Waals surface area contributed by atoms with E-state index in [0.717, 1.165) is 22.3 Å². The number of aryl methyl sites for hydroxylation is 1. The number of hydrogen-bond donors (Lipinski definition) is 1. The van der Waals surface area contributed by atoms with Crippen molar-refractivity contribution in [3.05, 3.63) is 89.2 Å². The van der Waals surface area contributed by atoms with Crippen molar-refractivity contribution in [1.82, 2.24) is 5.43 Å². The summed E-state index contributed by atoms with van der Waals surface area (Å²) in [7, 11) is 1.58. The largest absolute Gasteiger partial charge is 0.494 e. The van der Waals surface area contributed by atoms with Crippen LogP contribution < -0.4 is 19.6 Å². The van der Waals surface area contributed by atoms with Crippen LogP contribution in [0.3, 0.4) is 0 Å². The van der Waals surface area contributed by atoms with Gasteiger partial charge in [0.25, 0.3) is 0 Å². The lowest BCUT2D eigenvalue weighted by Crippen LogP contribution is -2.16. The van der Waals surface area contributed by atoms with Gasteiger partial charge in [-0.05, 0) is 67.4 Å². The molecule has 4 aromatic rings. The second-order valence-electron chi connectivity index (χ2n) is 7.63. The molecule has 174 valence electrons. The molecule has 3 aromatic carbocycles. The zero-order valence-corrected chi connectivity index (χ0v) is 19.3. The number of carbonyl (C=O) groups excluding carboxylic acids is 1. The lowest BCUT2D eigenvalue weighted by atomic mass is 10.1. The smallest absolute Gasteiger partial charge is 0.307 e. The van der Waals surface area contributed by atoms with Crippen molar-refractivity contribution in [2.75, 3.05) is 13.7 Å². The minimum atomic E-state index is -0.449. The fourth-order valence-electron chi connectivity index (χ4n) is 3.46. The third kappa shape index (κ3) is 5.56. The maximum atomic E-state index is 12.4. The summed E-state index contributed by atoms with van der Waals surface area (Å²) in [6.07, 6.45) is 1.53. The summed E-state index contributed by atoms with van der Waals surface area (Å²) >= 11 is 0. The highest BCUT2D eigenvalue weighted by Gasteiger charge is 2.12. The lowest BCUT2D eigenvalue weighted by Gasteiger charge is -2.11. The van der Waals surface area contributed by atoms with Crippen LogP contribution in [0.5, 0.6) is 17.2 Å². The van der Waals surface area contributed by atoms with Crippen LogP contribution >= 0.6 is 0 Å². The first-order valence-electron chi connectivity index (χ1n) is 10.9. The Kier molecular flexibility index (Phi) is 7.13. The summed E-state index contributed by atoms with van der Waals surface area (Å²) in [5.41, 5.74) is 6.09. The summed E-state index contributed by atoms with van der Waals surface area (Å²) in [6, 6.07) is 20.6. The molecule has 0 aliphatic heterocycles. The molecule has 7 nitrogen and oxygen atoms in total. The Morgan fingerprint density at radius 3 is 2.71 bits per heavy atom. The quantitative estimate of drug-likeness (QED) is 0.265.